The number of aromatic nitrogens is 1. The number of fused-ring (bicyclic) bond motifs is 1. The number of nitrogens with one attached hydrogen (secondary N) is 3. The fourth-order valence-corrected chi connectivity index (χ4v) is 5.49. The molecule has 4 unspecified atom stereocenters. The van der Waals surface area contributed by atoms with Gasteiger partial charge in [-0.2, -0.15) is 0 Å². The number of amides is 3. The van der Waals surface area contributed by atoms with Gasteiger partial charge >= 0.3 is 5.97 Å². The van der Waals surface area contributed by atoms with Crippen LogP contribution in [0.2, 0.25) is 0 Å². The van der Waals surface area contributed by atoms with Crippen molar-refractivity contribution in [2.75, 3.05) is 13.1 Å². The lowest BCUT2D eigenvalue weighted by Gasteiger charge is -2.29. The summed E-state index contributed by atoms with van der Waals surface area (Å²) in [6.07, 6.45) is 3.40. The molecule has 1 saturated heterocycles. The van der Waals surface area contributed by atoms with Crippen LogP contribution in [0.3, 0.4) is 0 Å². The molecule has 0 bridgehead atoms. The summed E-state index contributed by atoms with van der Waals surface area (Å²) >= 11 is 0. The predicted molar refractivity (Wildman–Crippen MR) is 168 cm³/mol. The number of carboxylic acids is 1. The number of para-hydroxylation sites is 1. The van der Waals surface area contributed by atoms with Crippen LogP contribution in [-0.2, 0) is 32.0 Å². The standard InChI is InChI=1S/C31H40N8O6/c32-22(6-3-13-35-31(33)34)27(41)37-24(15-18-9-11-20(40)12-10-18)28(42)38-25(29(43)39-14-4-8-26(39)30(44)45)16-19-17-36-23-7-2-1-5-21(19)23/h1-2,5,7,9-12,17,22,24-26,36,40H,3-4,6,8,13-16,32H2,(H,37,41)(H,38,42)(H,44,45)(H4,33,34,35). The van der Waals surface area contributed by atoms with Crippen molar-refractivity contribution in [1.82, 2.24) is 20.5 Å². The SMILES string of the molecule is NC(N)=NCCCC(N)C(=O)NC(Cc1ccc(O)cc1)C(=O)NC(Cc1c[nH]c2ccccc12)C(=O)N1CCCC1C(=O)O. The van der Waals surface area contributed by atoms with Crippen molar-refractivity contribution in [2.24, 2.45) is 22.2 Å². The number of phenolic OH excluding ortho intramolecular Hbond substituents is 1. The topological polar surface area (TPSA) is 242 Å². The molecule has 2 aromatic carbocycles. The summed E-state index contributed by atoms with van der Waals surface area (Å²) in [5.41, 5.74) is 19.0. The van der Waals surface area contributed by atoms with Crippen LogP contribution in [0.5, 0.6) is 5.75 Å². The number of carboxylic acid groups (broad SMARTS) is 1. The van der Waals surface area contributed by atoms with Crippen molar-refractivity contribution < 1.29 is 29.4 Å². The summed E-state index contributed by atoms with van der Waals surface area (Å²) in [6.45, 7) is 0.532. The number of hydrogen-bond acceptors (Lipinski definition) is 7. The molecule has 4 atom stereocenters. The number of nitrogens with two attached hydrogens (primary N) is 3. The van der Waals surface area contributed by atoms with E-state index >= 15 is 0 Å². The quantitative estimate of drug-likeness (QED) is 0.0690. The highest BCUT2D eigenvalue weighted by molar-refractivity contribution is 5.95. The zero-order valence-corrected chi connectivity index (χ0v) is 24.8. The Bertz CT molecular complexity index is 1530. The van der Waals surface area contributed by atoms with Crippen molar-refractivity contribution in [2.45, 2.75) is 62.7 Å². The molecule has 0 aliphatic carbocycles. The normalized spacial score (nSPS) is 16.5. The number of nitrogens with zero attached hydrogens (tertiary/aromatic N) is 2. The Kier molecular flexibility index (Phi) is 11.0. The second-order valence-electron chi connectivity index (χ2n) is 11.1. The van der Waals surface area contributed by atoms with Gasteiger partial charge in [-0.05, 0) is 55.0 Å². The van der Waals surface area contributed by atoms with Crippen molar-refractivity contribution in [3.05, 3.63) is 65.9 Å². The molecule has 0 spiro atoms. The van der Waals surface area contributed by atoms with Crippen molar-refractivity contribution >= 4 is 40.6 Å². The van der Waals surface area contributed by atoms with Crippen molar-refractivity contribution in [3.8, 4) is 5.75 Å². The fraction of sp³-hybridized carbons (Fsp3) is 0.387. The summed E-state index contributed by atoms with van der Waals surface area (Å²) in [5, 5.41) is 25.8. The highest BCUT2D eigenvalue weighted by atomic mass is 16.4. The second-order valence-corrected chi connectivity index (χ2v) is 11.1. The molecular weight excluding hydrogens is 580 g/mol. The van der Waals surface area contributed by atoms with Crippen LogP contribution in [0.1, 0.15) is 36.8 Å². The summed E-state index contributed by atoms with van der Waals surface area (Å²) in [4.78, 5) is 61.1. The maximum atomic E-state index is 13.9. The summed E-state index contributed by atoms with van der Waals surface area (Å²) < 4.78 is 0. The van der Waals surface area contributed by atoms with Gasteiger partial charge in [0.15, 0.2) is 5.96 Å². The number of aliphatic carboxylic acids is 1. The first-order valence-corrected chi connectivity index (χ1v) is 14.8. The van der Waals surface area contributed by atoms with E-state index in [2.05, 4.69) is 20.6 Å². The Morgan fingerprint density at radius 1 is 1.00 bits per heavy atom. The van der Waals surface area contributed by atoms with E-state index in [4.69, 9.17) is 17.2 Å². The number of benzene rings is 2. The first-order chi connectivity index (χ1) is 21.5. The van der Waals surface area contributed by atoms with Crippen molar-refractivity contribution in [3.63, 3.8) is 0 Å². The number of carbonyl (C=O) groups is 4. The third kappa shape index (κ3) is 8.72. The fourth-order valence-electron chi connectivity index (χ4n) is 5.49. The van der Waals surface area contributed by atoms with Gasteiger partial charge in [0.1, 0.15) is 23.9 Å². The summed E-state index contributed by atoms with van der Waals surface area (Å²) in [7, 11) is 0. The monoisotopic (exact) mass is 620 g/mol. The van der Waals surface area contributed by atoms with E-state index in [1.54, 1.807) is 18.3 Å². The van der Waals surface area contributed by atoms with Crippen LogP contribution >= 0.6 is 0 Å². The smallest absolute Gasteiger partial charge is 0.326 e. The highest BCUT2D eigenvalue weighted by Crippen LogP contribution is 2.23. The van der Waals surface area contributed by atoms with Gasteiger partial charge in [-0.15, -0.1) is 0 Å². The number of rotatable bonds is 14. The van der Waals surface area contributed by atoms with Crippen LogP contribution in [0.15, 0.2) is 59.7 Å². The molecule has 1 aliphatic rings. The first-order valence-electron chi connectivity index (χ1n) is 14.8. The number of likely N-dealkylation sites (tertiary alicyclic amines) is 1. The summed E-state index contributed by atoms with van der Waals surface area (Å²) in [5.74, 6) is -2.89. The maximum Gasteiger partial charge on any atom is 0.326 e. The van der Waals surface area contributed by atoms with Gasteiger partial charge in [0, 0.05) is 43.0 Å². The minimum atomic E-state index is -1.14. The highest BCUT2D eigenvalue weighted by Gasteiger charge is 2.38. The number of carbonyl (C=O) groups excluding carboxylic acids is 3. The van der Waals surface area contributed by atoms with Gasteiger partial charge in [0.25, 0.3) is 0 Å². The second kappa shape index (κ2) is 15.1. The molecule has 14 nitrogen and oxygen atoms in total. The number of aromatic hydroxyl groups is 1. The Morgan fingerprint density at radius 3 is 2.42 bits per heavy atom. The van der Waals surface area contributed by atoms with E-state index in [0.29, 0.717) is 24.8 Å². The van der Waals surface area contributed by atoms with Crippen LogP contribution in [-0.4, -0.2) is 87.0 Å². The number of hydrogen-bond donors (Lipinski definition) is 8. The molecule has 0 saturated carbocycles. The molecule has 2 heterocycles. The molecular formula is C31H40N8O6. The first kappa shape index (κ1) is 32.8. The molecule has 45 heavy (non-hydrogen) atoms. The lowest BCUT2D eigenvalue weighted by atomic mass is 10.0. The van der Waals surface area contributed by atoms with E-state index in [-0.39, 0.29) is 44.1 Å². The number of guanidine groups is 1. The van der Waals surface area contributed by atoms with Crippen LogP contribution in [0.25, 0.3) is 10.9 Å². The van der Waals surface area contributed by atoms with E-state index in [1.165, 1.54) is 17.0 Å². The van der Waals surface area contributed by atoms with Crippen molar-refractivity contribution in [1.29, 1.82) is 0 Å². The third-order valence-electron chi connectivity index (χ3n) is 7.85. The number of H-pyrrole nitrogens is 1. The molecule has 3 amide bonds. The molecule has 4 rings (SSSR count). The molecule has 11 N–H and O–H groups in total. The van der Waals surface area contributed by atoms with Crippen LogP contribution < -0.4 is 27.8 Å². The zero-order valence-electron chi connectivity index (χ0n) is 24.8. The van der Waals surface area contributed by atoms with E-state index < -0.39 is 47.9 Å². The minimum absolute atomic E-state index is 0.0357. The largest absolute Gasteiger partial charge is 0.508 e. The van der Waals surface area contributed by atoms with Gasteiger partial charge in [-0.1, -0.05) is 30.3 Å². The van der Waals surface area contributed by atoms with E-state index in [1.807, 2.05) is 24.3 Å². The van der Waals surface area contributed by atoms with Gasteiger partial charge < -0.3 is 47.9 Å². The maximum absolute atomic E-state index is 13.9. The lowest BCUT2D eigenvalue weighted by Crippen LogP contribution is -2.58. The molecule has 240 valence electrons. The predicted octanol–water partition coefficient (Wildman–Crippen LogP) is 0.0848. The van der Waals surface area contributed by atoms with Gasteiger partial charge in [0.2, 0.25) is 17.7 Å². The lowest BCUT2D eigenvalue weighted by molar-refractivity contribution is -0.149. The number of aromatic amines is 1. The average molecular weight is 621 g/mol. The van der Waals surface area contributed by atoms with Gasteiger partial charge in [-0.3, -0.25) is 19.4 Å². The molecule has 1 aliphatic heterocycles. The van der Waals surface area contributed by atoms with Crippen LogP contribution in [0.4, 0.5) is 0 Å². The van der Waals surface area contributed by atoms with E-state index in [9.17, 15) is 29.4 Å². The Labute approximate surface area is 260 Å². The molecule has 3 aromatic rings. The van der Waals surface area contributed by atoms with Gasteiger partial charge in [-0.25, -0.2) is 4.79 Å². The average Bonchev–Trinajstić information content (AvgIpc) is 3.67. The molecule has 14 heteroatoms. The van der Waals surface area contributed by atoms with Gasteiger partial charge in [0.05, 0.1) is 6.04 Å². The molecule has 1 aromatic heterocycles. The summed E-state index contributed by atoms with van der Waals surface area (Å²) in [6, 6.07) is 9.46. The Hall–Kier alpha value is -5.11. The number of phenols is 1. The Morgan fingerprint density at radius 2 is 1.71 bits per heavy atom. The molecule has 1 fully saturated rings. The third-order valence-corrected chi connectivity index (χ3v) is 7.85. The van der Waals surface area contributed by atoms with Crippen LogP contribution in [0, 0.1) is 0 Å². The number of aliphatic imine (C=N–C) groups is 1. The molecule has 0 radical (unpaired) electrons. The zero-order chi connectivity index (χ0) is 32.5. The minimum Gasteiger partial charge on any atom is -0.508 e. The Balaban J connectivity index is 1.58. The van der Waals surface area contributed by atoms with E-state index in [0.717, 1.165) is 16.5 Å².